The van der Waals surface area contributed by atoms with E-state index in [4.69, 9.17) is 0 Å². The van der Waals surface area contributed by atoms with Crippen molar-refractivity contribution in [1.29, 1.82) is 0 Å². The smallest absolute Gasteiger partial charge is 0.155 e. The maximum atomic E-state index is 11.2. The number of carbonyl (C=O) groups is 1. The van der Waals surface area contributed by atoms with E-state index in [1.807, 2.05) is 25.1 Å². The molecule has 2 nitrogen and oxygen atoms in total. The van der Waals surface area contributed by atoms with Gasteiger partial charge in [0.15, 0.2) is 5.78 Å². The highest BCUT2D eigenvalue weighted by Crippen LogP contribution is 2.15. The third-order valence-corrected chi connectivity index (χ3v) is 2.83. The van der Waals surface area contributed by atoms with Gasteiger partial charge in [0.25, 0.3) is 0 Å². The van der Waals surface area contributed by atoms with Gasteiger partial charge in [0.05, 0.1) is 0 Å². The third kappa shape index (κ3) is 4.06. The van der Waals surface area contributed by atoms with Crippen LogP contribution in [0.5, 0.6) is 0 Å². The Morgan fingerprint density at radius 2 is 1.71 bits per heavy atom. The summed E-state index contributed by atoms with van der Waals surface area (Å²) in [5.41, 5.74) is 2.30. The Labute approximate surface area is 104 Å². The van der Waals surface area contributed by atoms with Gasteiger partial charge in [-0.2, -0.15) is 0 Å². The molecule has 0 saturated heterocycles. The van der Waals surface area contributed by atoms with E-state index < -0.39 is 0 Å². The molecule has 1 aromatic carbocycles. The molecule has 0 N–H and O–H groups in total. The summed E-state index contributed by atoms with van der Waals surface area (Å²) in [6.07, 6.45) is 4.08. The largest absolute Gasteiger partial charge is 0.372 e. The highest BCUT2D eigenvalue weighted by Gasteiger charge is 2.00. The van der Waals surface area contributed by atoms with E-state index in [9.17, 15) is 4.79 Å². The van der Waals surface area contributed by atoms with E-state index in [0.29, 0.717) is 6.42 Å². The van der Waals surface area contributed by atoms with Crippen LogP contribution < -0.4 is 4.90 Å². The zero-order chi connectivity index (χ0) is 12.7. The molecule has 0 heterocycles. The normalized spacial score (nSPS) is 10.8. The Balaban J connectivity index is 2.74. The number of rotatable bonds is 6. The molecule has 1 aromatic rings. The Kier molecular flexibility index (Phi) is 5.47. The number of hydrogen-bond donors (Lipinski definition) is 0. The van der Waals surface area contributed by atoms with Crippen LogP contribution in [0.2, 0.25) is 0 Å². The first kappa shape index (κ1) is 13.5. The van der Waals surface area contributed by atoms with Crippen molar-refractivity contribution >= 4 is 17.5 Å². The highest BCUT2D eigenvalue weighted by atomic mass is 16.1. The fourth-order valence-electron chi connectivity index (χ4n) is 1.69. The standard InChI is InChI=1S/C15H21NO/c1-4-15(17)12-9-13-7-10-14(11-8-13)16(5-2)6-3/h7-12H,4-6H2,1-3H3/b12-9+. The fraction of sp³-hybridized carbons (Fsp3) is 0.400. The van der Waals surface area contributed by atoms with Gasteiger partial charge >= 0.3 is 0 Å². The number of ketones is 1. The number of nitrogens with zero attached hydrogens (tertiary/aromatic N) is 1. The third-order valence-electron chi connectivity index (χ3n) is 2.83. The van der Waals surface area contributed by atoms with Gasteiger partial charge in [0, 0.05) is 25.2 Å². The first-order valence-electron chi connectivity index (χ1n) is 6.27. The molecule has 0 aliphatic heterocycles. The monoisotopic (exact) mass is 231 g/mol. The van der Waals surface area contributed by atoms with Crippen molar-refractivity contribution in [3.63, 3.8) is 0 Å². The highest BCUT2D eigenvalue weighted by molar-refractivity contribution is 5.93. The molecule has 0 unspecified atom stereocenters. The average Bonchev–Trinajstić information content (AvgIpc) is 2.38. The lowest BCUT2D eigenvalue weighted by Gasteiger charge is -2.20. The molecule has 0 fully saturated rings. The second kappa shape index (κ2) is 6.89. The zero-order valence-electron chi connectivity index (χ0n) is 10.9. The van der Waals surface area contributed by atoms with Crippen molar-refractivity contribution in [3.8, 4) is 0 Å². The fourth-order valence-corrected chi connectivity index (χ4v) is 1.69. The van der Waals surface area contributed by atoms with Gasteiger partial charge in [-0.3, -0.25) is 4.79 Å². The molecule has 0 atom stereocenters. The summed E-state index contributed by atoms with van der Waals surface area (Å²) in [6.45, 7) is 8.20. The van der Waals surface area contributed by atoms with Crippen molar-refractivity contribution in [1.82, 2.24) is 0 Å². The zero-order valence-corrected chi connectivity index (χ0v) is 10.9. The number of carbonyl (C=O) groups excluding carboxylic acids is 1. The first-order chi connectivity index (χ1) is 8.21. The molecule has 0 aliphatic carbocycles. The molecule has 0 saturated carbocycles. The van der Waals surface area contributed by atoms with Crippen molar-refractivity contribution in [2.45, 2.75) is 27.2 Å². The molecule has 0 spiro atoms. The lowest BCUT2D eigenvalue weighted by atomic mass is 10.1. The maximum absolute atomic E-state index is 11.2. The van der Waals surface area contributed by atoms with E-state index in [2.05, 4.69) is 30.9 Å². The molecule has 17 heavy (non-hydrogen) atoms. The molecular formula is C15H21NO. The van der Waals surface area contributed by atoms with Gasteiger partial charge in [-0.05, 0) is 37.6 Å². The first-order valence-corrected chi connectivity index (χ1v) is 6.27. The molecule has 0 amide bonds. The van der Waals surface area contributed by atoms with Crippen LogP contribution in [-0.4, -0.2) is 18.9 Å². The summed E-state index contributed by atoms with van der Waals surface area (Å²) in [6, 6.07) is 8.30. The van der Waals surface area contributed by atoms with Gasteiger partial charge in [-0.15, -0.1) is 0 Å². The van der Waals surface area contributed by atoms with E-state index in [-0.39, 0.29) is 5.78 Å². The van der Waals surface area contributed by atoms with E-state index in [0.717, 1.165) is 18.7 Å². The summed E-state index contributed by atoms with van der Waals surface area (Å²) in [7, 11) is 0. The minimum Gasteiger partial charge on any atom is -0.372 e. The number of hydrogen-bond acceptors (Lipinski definition) is 2. The molecule has 0 radical (unpaired) electrons. The number of allylic oxidation sites excluding steroid dienone is 1. The minimum absolute atomic E-state index is 0.165. The summed E-state index contributed by atoms with van der Waals surface area (Å²) in [4.78, 5) is 13.5. The molecule has 0 bridgehead atoms. The molecule has 1 rings (SSSR count). The van der Waals surface area contributed by atoms with E-state index >= 15 is 0 Å². The quantitative estimate of drug-likeness (QED) is 0.698. The second-order valence-corrected chi connectivity index (χ2v) is 3.92. The molecule has 2 heteroatoms. The van der Waals surface area contributed by atoms with Gasteiger partial charge in [-0.1, -0.05) is 25.1 Å². The Morgan fingerprint density at radius 3 is 2.18 bits per heavy atom. The Hall–Kier alpha value is -1.57. The number of anilines is 1. The van der Waals surface area contributed by atoms with Crippen LogP contribution in [0, 0.1) is 0 Å². The van der Waals surface area contributed by atoms with Gasteiger partial charge in [-0.25, -0.2) is 0 Å². The van der Waals surface area contributed by atoms with Crippen LogP contribution in [-0.2, 0) is 4.79 Å². The lowest BCUT2D eigenvalue weighted by molar-refractivity contribution is -0.114. The SMILES string of the molecule is CCC(=O)/C=C/c1ccc(N(CC)CC)cc1. The second-order valence-electron chi connectivity index (χ2n) is 3.92. The lowest BCUT2D eigenvalue weighted by Crippen LogP contribution is -2.21. The topological polar surface area (TPSA) is 20.3 Å². The van der Waals surface area contributed by atoms with Crippen LogP contribution in [0.1, 0.15) is 32.8 Å². The van der Waals surface area contributed by atoms with E-state index in [1.165, 1.54) is 5.69 Å². The van der Waals surface area contributed by atoms with Crippen molar-refractivity contribution in [2.24, 2.45) is 0 Å². The van der Waals surface area contributed by atoms with Crippen LogP contribution in [0.25, 0.3) is 6.08 Å². The van der Waals surface area contributed by atoms with Crippen LogP contribution in [0.4, 0.5) is 5.69 Å². The Bertz CT molecular complexity index is 374. The summed E-state index contributed by atoms with van der Waals surface area (Å²) < 4.78 is 0. The van der Waals surface area contributed by atoms with Crippen molar-refractivity contribution in [2.75, 3.05) is 18.0 Å². The van der Waals surface area contributed by atoms with Gasteiger partial charge in [0.1, 0.15) is 0 Å². The number of benzene rings is 1. The molecular weight excluding hydrogens is 210 g/mol. The summed E-state index contributed by atoms with van der Waals surface area (Å²) in [5, 5.41) is 0. The van der Waals surface area contributed by atoms with Crippen molar-refractivity contribution < 1.29 is 4.79 Å². The van der Waals surface area contributed by atoms with Gasteiger partial charge in [0.2, 0.25) is 0 Å². The summed E-state index contributed by atoms with van der Waals surface area (Å²) in [5.74, 6) is 0.165. The molecule has 0 aromatic heterocycles. The minimum atomic E-state index is 0.165. The predicted molar refractivity (Wildman–Crippen MR) is 74.3 cm³/mol. The van der Waals surface area contributed by atoms with Crippen LogP contribution in [0.15, 0.2) is 30.3 Å². The van der Waals surface area contributed by atoms with Gasteiger partial charge < -0.3 is 4.90 Å². The molecule has 0 aliphatic rings. The summed E-state index contributed by atoms with van der Waals surface area (Å²) >= 11 is 0. The molecule has 92 valence electrons. The van der Waals surface area contributed by atoms with Crippen molar-refractivity contribution in [3.05, 3.63) is 35.9 Å². The van der Waals surface area contributed by atoms with Crippen LogP contribution in [0.3, 0.4) is 0 Å². The van der Waals surface area contributed by atoms with E-state index in [1.54, 1.807) is 6.08 Å². The predicted octanol–water partition coefficient (Wildman–Crippen LogP) is 3.53. The maximum Gasteiger partial charge on any atom is 0.155 e. The Morgan fingerprint density at radius 1 is 1.12 bits per heavy atom. The average molecular weight is 231 g/mol. The van der Waals surface area contributed by atoms with Crippen LogP contribution >= 0.6 is 0 Å².